The van der Waals surface area contributed by atoms with Crippen molar-refractivity contribution in [2.24, 2.45) is 0 Å². The summed E-state index contributed by atoms with van der Waals surface area (Å²) >= 11 is 0. The van der Waals surface area contributed by atoms with Crippen LogP contribution in [0.15, 0.2) is 42.6 Å². The second-order valence-corrected chi connectivity index (χ2v) is 4.31. The van der Waals surface area contributed by atoms with Crippen molar-refractivity contribution in [3.05, 3.63) is 58.7 Å². The SMILES string of the molecule is C1=c2ccnnc2=CC(OCc2ccccc2)C1. The number of hydrogen-bond donors (Lipinski definition) is 0. The van der Waals surface area contributed by atoms with Gasteiger partial charge in [-0.2, -0.15) is 10.2 Å². The van der Waals surface area contributed by atoms with Crippen molar-refractivity contribution in [1.82, 2.24) is 10.2 Å². The zero-order valence-electron chi connectivity index (χ0n) is 9.99. The van der Waals surface area contributed by atoms with Crippen LogP contribution in [-0.4, -0.2) is 16.3 Å². The normalized spacial score (nSPS) is 17.4. The summed E-state index contributed by atoms with van der Waals surface area (Å²) in [5.74, 6) is 0. The van der Waals surface area contributed by atoms with Crippen molar-refractivity contribution in [1.29, 1.82) is 0 Å². The Bertz CT molecular complexity index is 637. The number of ether oxygens (including phenoxy) is 1. The van der Waals surface area contributed by atoms with Gasteiger partial charge in [-0.15, -0.1) is 0 Å². The predicted molar refractivity (Wildman–Crippen MR) is 69.8 cm³/mol. The summed E-state index contributed by atoms with van der Waals surface area (Å²) in [5.41, 5.74) is 1.19. The Labute approximate surface area is 105 Å². The van der Waals surface area contributed by atoms with E-state index in [4.69, 9.17) is 4.74 Å². The standard InChI is InChI=1S/C15H14N2O/c1-2-4-12(5-3-1)11-18-14-7-6-13-8-9-16-17-15(13)10-14/h1-6,8-10,14H,7,11H2. The van der Waals surface area contributed by atoms with E-state index in [-0.39, 0.29) is 6.10 Å². The van der Waals surface area contributed by atoms with Gasteiger partial charge in [0.25, 0.3) is 0 Å². The van der Waals surface area contributed by atoms with E-state index in [0.717, 1.165) is 17.0 Å². The molecule has 1 aromatic heterocycles. The molecule has 1 aliphatic carbocycles. The van der Waals surface area contributed by atoms with Gasteiger partial charge in [0.2, 0.25) is 0 Å². The van der Waals surface area contributed by atoms with Crippen molar-refractivity contribution in [3.8, 4) is 0 Å². The molecule has 3 heteroatoms. The molecule has 3 nitrogen and oxygen atoms in total. The van der Waals surface area contributed by atoms with Crippen LogP contribution in [0, 0.1) is 0 Å². The molecule has 0 bridgehead atoms. The van der Waals surface area contributed by atoms with Gasteiger partial charge in [-0.05, 0) is 29.3 Å². The van der Waals surface area contributed by atoms with Crippen LogP contribution < -0.4 is 10.6 Å². The predicted octanol–water partition coefficient (Wildman–Crippen LogP) is 1.03. The minimum absolute atomic E-state index is 0.0920. The van der Waals surface area contributed by atoms with E-state index >= 15 is 0 Å². The molecule has 90 valence electrons. The maximum Gasteiger partial charge on any atom is 0.0912 e. The number of nitrogens with zero attached hydrogens (tertiary/aromatic N) is 2. The molecule has 0 fully saturated rings. The number of fused-ring (bicyclic) bond motifs is 1. The van der Waals surface area contributed by atoms with Crippen molar-refractivity contribution >= 4 is 12.2 Å². The molecule has 0 aliphatic heterocycles. The van der Waals surface area contributed by atoms with E-state index in [1.165, 1.54) is 5.56 Å². The highest BCUT2D eigenvalue weighted by atomic mass is 16.5. The number of rotatable bonds is 3. The Morgan fingerprint density at radius 2 is 2.06 bits per heavy atom. The lowest BCUT2D eigenvalue weighted by Gasteiger charge is -2.14. The minimum atomic E-state index is 0.0920. The fraction of sp³-hybridized carbons (Fsp3) is 0.200. The van der Waals surface area contributed by atoms with Gasteiger partial charge < -0.3 is 4.74 Å². The fourth-order valence-electron chi connectivity index (χ4n) is 2.04. The van der Waals surface area contributed by atoms with Crippen molar-refractivity contribution in [2.45, 2.75) is 19.1 Å². The van der Waals surface area contributed by atoms with E-state index in [9.17, 15) is 0 Å². The smallest absolute Gasteiger partial charge is 0.0912 e. The minimum Gasteiger partial charge on any atom is -0.369 e. The first-order valence-corrected chi connectivity index (χ1v) is 6.07. The Morgan fingerprint density at radius 3 is 2.94 bits per heavy atom. The van der Waals surface area contributed by atoms with Gasteiger partial charge in [-0.25, -0.2) is 0 Å². The van der Waals surface area contributed by atoms with Crippen LogP contribution in [-0.2, 0) is 11.3 Å². The largest absolute Gasteiger partial charge is 0.369 e. The zero-order chi connectivity index (χ0) is 12.2. The van der Waals surface area contributed by atoms with E-state index in [1.807, 2.05) is 30.3 Å². The Morgan fingerprint density at radius 1 is 1.17 bits per heavy atom. The van der Waals surface area contributed by atoms with E-state index in [1.54, 1.807) is 6.20 Å². The molecule has 1 heterocycles. The van der Waals surface area contributed by atoms with Crippen molar-refractivity contribution in [3.63, 3.8) is 0 Å². The molecule has 0 saturated heterocycles. The maximum absolute atomic E-state index is 5.87. The van der Waals surface area contributed by atoms with Crippen molar-refractivity contribution in [2.75, 3.05) is 0 Å². The first kappa shape index (κ1) is 11.1. The first-order valence-electron chi connectivity index (χ1n) is 6.07. The molecule has 0 saturated carbocycles. The molecule has 1 atom stereocenters. The Kier molecular flexibility index (Phi) is 3.15. The van der Waals surface area contributed by atoms with Crippen molar-refractivity contribution < 1.29 is 4.74 Å². The highest BCUT2D eigenvalue weighted by Crippen LogP contribution is 2.08. The average molecular weight is 238 g/mol. The summed E-state index contributed by atoms with van der Waals surface area (Å²) in [6.45, 7) is 0.630. The molecule has 1 aliphatic rings. The quantitative estimate of drug-likeness (QED) is 0.801. The summed E-state index contributed by atoms with van der Waals surface area (Å²) in [6, 6.07) is 12.2. The molecule has 3 rings (SSSR count). The molecule has 0 radical (unpaired) electrons. The molecule has 1 unspecified atom stereocenters. The third kappa shape index (κ3) is 2.46. The molecule has 1 aromatic carbocycles. The molecule has 2 aromatic rings. The highest BCUT2D eigenvalue weighted by molar-refractivity contribution is 5.39. The molecule has 0 N–H and O–H groups in total. The lowest BCUT2D eigenvalue weighted by atomic mass is 10.1. The summed E-state index contributed by atoms with van der Waals surface area (Å²) < 4.78 is 5.87. The number of aromatic nitrogens is 2. The number of hydrogen-bond acceptors (Lipinski definition) is 3. The van der Waals surface area contributed by atoms with Crippen LogP contribution >= 0.6 is 0 Å². The lowest BCUT2D eigenvalue weighted by Crippen LogP contribution is -2.34. The lowest BCUT2D eigenvalue weighted by molar-refractivity contribution is 0.0851. The van der Waals surface area contributed by atoms with Crippen LogP contribution in [0.3, 0.4) is 0 Å². The highest BCUT2D eigenvalue weighted by Gasteiger charge is 2.08. The third-order valence-electron chi connectivity index (χ3n) is 3.00. The van der Waals surface area contributed by atoms with Gasteiger partial charge in [0.05, 0.1) is 24.3 Å². The van der Waals surface area contributed by atoms with Crippen LogP contribution in [0.25, 0.3) is 12.2 Å². The average Bonchev–Trinajstić information content (AvgIpc) is 2.46. The fourth-order valence-corrected chi connectivity index (χ4v) is 2.04. The second kappa shape index (κ2) is 5.10. The summed E-state index contributed by atoms with van der Waals surface area (Å²) in [4.78, 5) is 0. The van der Waals surface area contributed by atoms with Crippen LogP contribution in [0.2, 0.25) is 0 Å². The Balaban J connectivity index is 1.71. The maximum atomic E-state index is 5.87. The second-order valence-electron chi connectivity index (χ2n) is 4.31. The topological polar surface area (TPSA) is 35.0 Å². The van der Waals surface area contributed by atoms with Gasteiger partial charge in [0.15, 0.2) is 0 Å². The van der Waals surface area contributed by atoms with E-state index in [2.05, 4.69) is 28.4 Å². The van der Waals surface area contributed by atoms with Crippen LogP contribution in [0.4, 0.5) is 0 Å². The van der Waals surface area contributed by atoms with Crippen LogP contribution in [0.5, 0.6) is 0 Å². The van der Waals surface area contributed by atoms with Gasteiger partial charge in [0, 0.05) is 0 Å². The molecule has 0 amide bonds. The molecule has 0 spiro atoms. The summed E-state index contributed by atoms with van der Waals surface area (Å²) in [6.07, 6.45) is 6.90. The Hall–Kier alpha value is -2.00. The van der Waals surface area contributed by atoms with Gasteiger partial charge in [-0.1, -0.05) is 36.4 Å². The monoisotopic (exact) mass is 238 g/mol. The van der Waals surface area contributed by atoms with Crippen LogP contribution in [0.1, 0.15) is 12.0 Å². The first-order chi connectivity index (χ1) is 8.92. The van der Waals surface area contributed by atoms with E-state index in [0.29, 0.717) is 6.61 Å². The number of benzene rings is 1. The van der Waals surface area contributed by atoms with Gasteiger partial charge in [-0.3, -0.25) is 0 Å². The molecule has 18 heavy (non-hydrogen) atoms. The third-order valence-corrected chi connectivity index (χ3v) is 3.00. The molecular weight excluding hydrogens is 224 g/mol. The van der Waals surface area contributed by atoms with E-state index < -0.39 is 0 Å². The van der Waals surface area contributed by atoms with Gasteiger partial charge in [0.1, 0.15) is 0 Å². The zero-order valence-corrected chi connectivity index (χ0v) is 9.99. The molecular formula is C15H14N2O. The summed E-state index contributed by atoms with van der Waals surface area (Å²) in [7, 11) is 0. The summed E-state index contributed by atoms with van der Waals surface area (Å²) in [5, 5.41) is 10.1. The van der Waals surface area contributed by atoms with Gasteiger partial charge >= 0.3 is 0 Å².